The van der Waals surface area contributed by atoms with Gasteiger partial charge >= 0.3 is 0 Å². The van der Waals surface area contributed by atoms with Gasteiger partial charge in [0.1, 0.15) is 6.20 Å². The molecular formula is C6H8FNO. The Hall–Kier alpha value is -0.860. The van der Waals surface area contributed by atoms with Gasteiger partial charge in [-0.3, -0.25) is 0 Å². The van der Waals surface area contributed by atoms with Crippen LogP contribution in [0.1, 0.15) is 25.7 Å². The molecule has 3 heteroatoms. The van der Waals surface area contributed by atoms with E-state index in [9.17, 15) is 4.39 Å². The van der Waals surface area contributed by atoms with Crippen LogP contribution < -0.4 is 0 Å². The summed E-state index contributed by atoms with van der Waals surface area (Å²) in [7, 11) is 0. The van der Waals surface area contributed by atoms with Crippen LogP contribution >= 0.6 is 0 Å². The minimum Gasteiger partial charge on any atom is -0.415 e. The number of hydrogen-bond acceptors (Lipinski definition) is 2. The highest BCUT2D eigenvalue weighted by Crippen LogP contribution is 2.12. The van der Waals surface area contributed by atoms with Crippen molar-refractivity contribution >= 4 is 0 Å². The first kappa shape index (κ1) is 6.26. The van der Waals surface area contributed by atoms with Gasteiger partial charge in [-0.2, -0.15) is 4.39 Å². The highest BCUT2D eigenvalue weighted by molar-refractivity contribution is 4.87. The molecule has 9 heavy (non-hydrogen) atoms. The summed E-state index contributed by atoms with van der Waals surface area (Å²) in [6.07, 6.45) is 1.08. The molecule has 0 bridgehead atoms. The first-order chi connectivity index (χ1) is 4.20. The van der Waals surface area contributed by atoms with Crippen LogP contribution in [-0.4, -0.2) is 4.98 Å². The maximum Gasteiger partial charge on any atom is 0.298 e. The van der Waals surface area contributed by atoms with Crippen molar-refractivity contribution in [2.45, 2.75) is 19.8 Å². The van der Waals surface area contributed by atoms with Crippen molar-refractivity contribution in [3.63, 3.8) is 0 Å². The molecule has 2 nitrogen and oxygen atoms in total. The monoisotopic (exact) mass is 129 g/mol. The van der Waals surface area contributed by atoms with E-state index >= 15 is 0 Å². The molecule has 0 radical (unpaired) electrons. The summed E-state index contributed by atoms with van der Waals surface area (Å²) in [5, 5.41) is 0. The maximum atomic E-state index is 12.1. The molecule has 0 aliphatic rings. The number of aromatic nitrogens is 1. The summed E-state index contributed by atoms with van der Waals surface area (Å²) in [6.45, 7) is 3.79. The topological polar surface area (TPSA) is 26.0 Å². The van der Waals surface area contributed by atoms with Gasteiger partial charge in [-0.25, -0.2) is 4.98 Å². The smallest absolute Gasteiger partial charge is 0.298 e. The predicted molar refractivity (Wildman–Crippen MR) is 30.5 cm³/mol. The molecule has 0 saturated carbocycles. The number of nitrogens with zero attached hydrogens (tertiary/aromatic N) is 1. The molecule has 0 fully saturated rings. The summed E-state index contributed by atoms with van der Waals surface area (Å²) in [4.78, 5) is 3.67. The van der Waals surface area contributed by atoms with E-state index in [2.05, 4.69) is 9.40 Å². The molecule has 0 amide bonds. The quantitative estimate of drug-likeness (QED) is 0.579. The Bertz CT molecular complexity index is 195. The molecule has 0 spiro atoms. The molecule has 0 aromatic carbocycles. The molecule has 0 saturated heterocycles. The lowest BCUT2D eigenvalue weighted by Crippen LogP contribution is -1.84. The first-order valence-electron chi connectivity index (χ1n) is 2.81. The Balaban J connectivity index is 2.85. The third-order valence-corrected chi connectivity index (χ3v) is 0.989. The maximum absolute atomic E-state index is 12.1. The van der Waals surface area contributed by atoms with Gasteiger partial charge in [0.2, 0.25) is 0 Å². The van der Waals surface area contributed by atoms with Crippen molar-refractivity contribution < 1.29 is 8.81 Å². The van der Waals surface area contributed by atoms with E-state index in [1.807, 2.05) is 13.8 Å². The van der Waals surface area contributed by atoms with E-state index in [4.69, 9.17) is 0 Å². The van der Waals surface area contributed by atoms with Crippen molar-refractivity contribution in [3.8, 4) is 0 Å². The zero-order valence-electron chi connectivity index (χ0n) is 5.39. The third-order valence-electron chi connectivity index (χ3n) is 0.989. The van der Waals surface area contributed by atoms with Crippen molar-refractivity contribution in [1.82, 2.24) is 4.98 Å². The zero-order chi connectivity index (χ0) is 6.85. The standard InChI is InChI=1S/C6H8FNO/c1-4(2)6-8-3-5(7)9-6/h3-4H,1-2H3. The van der Waals surface area contributed by atoms with Gasteiger partial charge < -0.3 is 4.42 Å². The summed E-state index contributed by atoms with van der Waals surface area (Å²) in [6, 6.07) is -0.612. The fraction of sp³-hybridized carbons (Fsp3) is 0.500. The van der Waals surface area contributed by atoms with Crippen LogP contribution in [0.25, 0.3) is 0 Å². The van der Waals surface area contributed by atoms with Crippen molar-refractivity contribution in [2.75, 3.05) is 0 Å². The molecule has 50 valence electrons. The average Bonchev–Trinajstić information content (AvgIpc) is 2.14. The third kappa shape index (κ3) is 1.28. The van der Waals surface area contributed by atoms with E-state index < -0.39 is 6.01 Å². The van der Waals surface area contributed by atoms with Crippen LogP contribution in [0.3, 0.4) is 0 Å². The fourth-order valence-electron chi connectivity index (χ4n) is 0.534. The highest BCUT2D eigenvalue weighted by atomic mass is 19.1. The minimum absolute atomic E-state index is 0.162. The molecule has 0 unspecified atom stereocenters. The Morgan fingerprint density at radius 3 is 2.56 bits per heavy atom. The lowest BCUT2D eigenvalue weighted by Gasteiger charge is -1.93. The number of rotatable bonds is 1. The van der Waals surface area contributed by atoms with Crippen molar-refractivity contribution in [2.24, 2.45) is 0 Å². The minimum atomic E-state index is -0.612. The van der Waals surface area contributed by atoms with Gasteiger partial charge in [-0.05, 0) is 0 Å². The van der Waals surface area contributed by atoms with E-state index in [0.29, 0.717) is 5.89 Å². The average molecular weight is 129 g/mol. The number of halogens is 1. The Kier molecular flexibility index (Phi) is 1.51. The van der Waals surface area contributed by atoms with Gasteiger partial charge in [0.25, 0.3) is 6.01 Å². The van der Waals surface area contributed by atoms with Gasteiger partial charge in [0.05, 0.1) is 0 Å². The zero-order valence-corrected chi connectivity index (χ0v) is 5.39. The molecule has 1 rings (SSSR count). The molecule has 0 aliphatic heterocycles. The van der Waals surface area contributed by atoms with Gasteiger partial charge in [0.15, 0.2) is 5.89 Å². The number of hydrogen-bond donors (Lipinski definition) is 0. The summed E-state index contributed by atoms with van der Waals surface area (Å²) < 4.78 is 16.6. The lowest BCUT2D eigenvalue weighted by molar-refractivity contribution is 0.326. The van der Waals surface area contributed by atoms with Crippen molar-refractivity contribution in [1.29, 1.82) is 0 Å². The molecule has 0 atom stereocenters. The van der Waals surface area contributed by atoms with Gasteiger partial charge in [-0.15, -0.1) is 0 Å². The van der Waals surface area contributed by atoms with Crippen LogP contribution in [0, 0.1) is 6.01 Å². The van der Waals surface area contributed by atoms with Crippen LogP contribution in [0.4, 0.5) is 4.39 Å². The Labute approximate surface area is 52.7 Å². The molecule has 1 aromatic heterocycles. The van der Waals surface area contributed by atoms with Crippen LogP contribution in [0.2, 0.25) is 0 Å². The van der Waals surface area contributed by atoms with Gasteiger partial charge in [-0.1, -0.05) is 13.8 Å². The fourth-order valence-corrected chi connectivity index (χ4v) is 0.534. The lowest BCUT2D eigenvalue weighted by atomic mass is 10.2. The molecule has 1 aromatic rings. The molecular weight excluding hydrogens is 121 g/mol. The largest absolute Gasteiger partial charge is 0.415 e. The van der Waals surface area contributed by atoms with E-state index in [0.717, 1.165) is 6.20 Å². The Morgan fingerprint density at radius 2 is 2.33 bits per heavy atom. The van der Waals surface area contributed by atoms with Crippen molar-refractivity contribution in [3.05, 3.63) is 18.1 Å². The normalized spacial score (nSPS) is 10.7. The number of oxazole rings is 1. The van der Waals surface area contributed by atoms with Crippen LogP contribution in [0.15, 0.2) is 10.6 Å². The second-order valence-electron chi connectivity index (χ2n) is 2.16. The summed E-state index contributed by atoms with van der Waals surface area (Å²) in [5.41, 5.74) is 0. The second kappa shape index (κ2) is 2.17. The summed E-state index contributed by atoms with van der Waals surface area (Å²) in [5.74, 6) is 0.613. The first-order valence-corrected chi connectivity index (χ1v) is 2.81. The highest BCUT2D eigenvalue weighted by Gasteiger charge is 2.05. The van der Waals surface area contributed by atoms with Crippen LogP contribution in [0.5, 0.6) is 0 Å². The molecule has 0 N–H and O–H groups in total. The SMILES string of the molecule is CC(C)c1ncc(F)o1. The van der Waals surface area contributed by atoms with E-state index in [1.165, 1.54) is 0 Å². The predicted octanol–water partition coefficient (Wildman–Crippen LogP) is 1.94. The van der Waals surface area contributed by atoms with Crippen LogP contribution in [-0.2, 0) is 0 Å². The molecule has 1 heterocycles. The van der Waals surface area contributed by atoms with E-state index in [-0.39, 0.29) is 5.92 Å². The van der Waals surface area contributed by atoms with Gasteiger partial charge in [0, 0.05) is 5.92 Å². The summed E-state index contributed by atoms with van der Waals surface area (Å²) >= 11 is 0. The van der Waals surface area contributed by atoms with E-state index in [1.54, 1.807) is 0 Å². The second-order valence-corrected chi connectivity index (χ2v) is 2.16. The molecule has 0 aliphatic carbocycles. The Morgan fingerprint density at radius 1 is 1.67 bits per heavy atom.